The fourth-order valence-corrected chi connectivity index (χ4v) is 2.84. The number of phenolic OH excluding ortho intramolecular Hbond substituents is 1. The van der Waals surface area contributed by atoms with E-state index in [1.54, 1.807) is 29.1 Å². The Morgan fingerprint density at radius 2 is 2.19 bits per heavy atom. The van der Waals surface area contributed by atoms with Gasteiger partial charge in [0, 0.05) is 10.7 Å². The third-order valence-electron chi connectivity index (χ3n) is 3.69. The molecule has 0 bridgehead atoms. The van der Waals surface area contributed by atoms with Gasteiger partial charge in [-0.1, -0.05) is 28.1 Å². The first kappa shape index (κ1) is 18.7. The van der Waals surface area contributed by atoms with E-state index < -0.39 is 5.91 Å². The number of hydrogen-bond donors (Lipinski definition) is 2. The number of nitrogens with one attached hydrogen (secondary N) is 1. The molecule has 0 aliphatic heterocycles. The highest BCUT2D eigenvalue weighted by Gasteiger charge is 2.09. The number of carbonyl (C=O) groups is 1. The van der Waals surface area contributed by atoms with E-state index in [1.807, 2.05) is 24.3 Å². The highest BCUT2D eigenvalue weighted by molar-refractivity contribution is 9.10. The first-order valence-corrected chi connectivity index (χ1v) is 8.83. The fraction of sp³-hybridized carbons (Fsp3) is 0.105. The van der Waals surface area contributed by atoms with Crippen LogP contribution >= 0.6 is 15.9 Å². The molecule has 138 valence electrons. The number of carbonyl (C=O) groups excluding carboxylic acids is 1. The maximum absolute atomic E-state index is 12.2. The summed E-state index contributed by atoms with van der Waals surface area (Å²) in [5, 5.41) is 17.7. The predicted molar refractivity (Wildman–Crippen MR) is 105 cm³/mol. The molecule has 1 amide bonds. The van der Waals surface area contributed by atoms with Gasteiger partial charge in [-0.2, -0.15) is 10.2 Å². The fourth-order valence-electron chi connectivity index (χ4n) is 2.39. The van der Waals surface area contributed by atoms with Crippen LogP contribution in [0.1, 0.15) is 21.6 Å². The Kier molecular flexibility index (Phi) is 5.87. The Morgan fingerprint density at radius 3 is 2.96 bits per heavy atom. The number of rotatable bonds is 6. The van der Waals surface area contributed by atoms with Crippen LogP contribution in [-0.4, -0.2) is 34.1 Å². The van der Waals surface area contributed by atoms with Gasteiger partial charge in [-0.25, -0.2) is 5.43 Å². The number of amides is 1. The van der Waals surface area contributed by atoms with Crippen LogP contribution in [0.25, 0.3) is 0 Å². The highest BCUT2D eigenvalue weighted by atomic mass is 79.9. The standard InChI is InChI=1S/C19H17BrN4O3/c1-27-18-10-13(5-6-17(18)25)11-21-22-19(26)16-7-8-24(23-16)12-14-3-2-4-15(20)9-14/h2-11,25H,12H2,1H3,(H,22,26). The van der Waals surface area contributed by atoms with Crippen molar-refractivity contribution in [3.05, 3.63) is 76.0 Å². The number of aromatic nitrogens is 2. The summed E-state index contributed by atoms with van der Waals surface area (Å²) in [4.78, 5) is 12.2. The second-order valence-corrected chi connectivity index (χ2v) is 6.57. The number of benzene rings is 2. The first-order valence-electron chi connectivity index (χ1n) is 8.03. The van der Waals surface area contributed by atoms with Gasteiger partial charge in [-0.3, -0.25) is 9.48 Å². The van der Waals surface area contributed by atoms with E-state index in [-0.39, 0.29) is 11.4 Å². The molecular weight excluding hydrogens is 412 g/mol. The molecule has 7 nitrogen and oxygen atoms in total. The van der Waals surface area contributed by atoms with Crippen LogP contribution in [0, 0.1) is 0 Å². The van der Waals surface area contributed by atoms with Crippen molar-refractivity contribution < 1.29 is 14.6 Å². The molecule has 0 saturated heterocycles. The van der Waals surface area contributed by atoms with Gasteiger partial charge in [-0.05, 0) is 47.5 Å². The molecule has 3 aromatic rings. The quantitative estimate of drug-likeness (QED) is 0.466. The van der Waals surface area contributed by atoms with Crippen molar-refractivity contribution >= 4 is 28.1 Å². The molecule has 8 heteroatoms. The van der Waals surface area contributed by atoms with E-state index in [4.69, 9.17) is 4.74 Å². The second-order valence-electron chi connectivity index (χ2n) is 5.66. The lowest BCUT2D eigenvalue weighted by Crippen LogP contribution is -2.18. The number of phenols is 1. The van der Waals surface area contributed by atoms with Crippen LogP contribution in [-0.2, 0) is 6.54 Å². The molecule has 0 fully saturated rings. The van der Waals surface area contributed by atoms with E-state index in [0.717, 1.165) is 10.0 Å². The van der Waals surface area contributed by atoms with Gasteiger partial charge in [0.15, 0.2) is 17.2 Å². The number of ether oxygens (including phenoxy) is 1. The van der Waals surface area contributed by atoms with Crippen molar-refractivity contribution in [3.63, 3.8) is 0 Å². The molecule has 0 atom stereocenters. The van der Waals surface area contributed by atoms with Crippen molar-refractivity contribution in [1.82, 2.24) is 15.2 Å². The van der Waals surface area contributed by atoms with Gasteiger partial charge in [0.05, 0.1) is 19.9 Å². The molecule has 0 spiro atoms. The monoisotopic (exact) mass is 428 g/mol. The van der Waals surface area contributed by atoms with Crippen molar-refractivity contribution in [1.29, 1.82) is 0 Å². The van der Waals surface area contributed by atoms with Gasteiger partial charge in [0.25, 0.3) is 5.91 Å². The van der Waals surface area contributed by atoms with Crippen molar-refractivity contribution in [2.75, 3.05) is 7.11 Å². The lowest BCUT2D eigenvalue weighted by Gasteiger charge is -2.03. The van der Waals surface area contributed by atoms with Crippen LogP contribution in [0.2, 0.25) is 0 Å². The van der Waals surface area contributed by atoms with Gasteiger partial charge in [-0.15, -0.1) is 0 Å². The molecular formula is C19H17BrN4O3. The van der Waals surface area contributed by atoms with Gasteiger partial charge in [0.1, 0.15) is 0 Å². The van der Waals surface area contributed by atoms with E-state index in [1.165, 1.54) is 19.4 Å². The molecule has 3 rings (SSSR count). The zero-order valence-corrected chi connectivity index (χ0v) is 16.0. The minimum Gasteiger partial charge on any atom is -0.504 e. The number of halogens is 1. The average Bonchev–Trinajstić information content (AvgIpc) is 3.11. The molecule has 0 aliphatic carbocycles. The number of hydrazone groups is 1. The van der Waals surface area contributed by atoms with E-state index in [2.05, 4.69) is 31.6 Å². The molecule has 2 aromatic carbocycles. The van der Waals surface area contributed by atoms with Crippen molar-refractivity contribution in [3.8, 4) is 11.5 Å². The van der Waals surface area contributed by atoms with Gasteiger partial charge < -0.3 is 9.84 Å². The molecule has 0 unspecified atom stereocenters. The number of methoxy groups -OCH3 is 1. The molecule has 2 N–H and O–H groups in total. The number of nitrogens with zero attached hydrogens (tertiary/aromatic N) is 3. The molecule has 0 radical (unpaired) electrons. The topological polar surface area (TPSA) is 88.7 Å². The van der Waals surface area contributed by atoms with Crippen molar-refractivity contribution in [2.24, 2.45) is 5.10 Å². The summed E-state index contributed by atoms with van der Waals surface area (Å²) in [6.45, 7) is 0.559. The Labute approximate surface area is 164 Å². The summed E-state index contributed by atoms with van der Waals surface area (Å²) < 4.78 is 7.70. The van der Waals surface area contributed by atoms with Crippen molar-refractivity contribution in [2.45, 2.75) is 6.54 Å². The summed E-state index contributed by atoms with van der Waals surface area (Å²) in [7, 11) is 1.46. The number of hydrogen-bond acceptors (Lipinski definition) is 5. The van der Waals surface area contributed by atoms with Crippen LogP contribution < -0.4 is 10.2 Å². The zero-order chi connectivity index (χ0) is 19.2. The minimum absolute atomic E-state index is 0.0367. The SMILES string of the molecule is COc1cc(C=NNC(=O)c2ccn(Cc3cccc(Br)c3)n2)ccc1O. The maximum Gasteiger partial charge on any atom is 0.291 e. The summed E-state index contributed by atoms with van der Waals surface area (Å²) >= 11 is 3.43. The highest BCUT2D eigenvalue weighted by Crippen LogP contribution is 2.25. The molecule has 1 heterocycles. The second kappa shape index (κ2) is 8.50. The third kappa shape index (κ3) is 4.95. The normalized spacial score (nSPS) is 10.9. The minimum atomic E-state index is -0.412. The van der Waals surface area contributed by atoms with Crippen LogP contribution in [0.3, 0.4) is 0 Å². The smallest absolute Gasteiger partial charge is 0.291 e. The molecule has 1 aromatic heterocycles. The lowest BCUT2D eigenvalue weighted by molar-refractivity contribution is 0.0949. The Hall–Kier alpha value is -3.13. The zero-order valence-electron chi connectivity index (χ0n) is 14.5. The first-order chi connectivity index (χ1) is 13.0. The van der Waals surface area contributed by atoms with E-state index >= 15 is 0 Å². The summed E-state index contributed by atoms with van der Waals surface area (Å²) in [5.41, 5.74) is 4.44. The van der Waals surface area contributed by atoms with Gasteiger partial charge >= 0.3 is 0 Å². The van der Waals surface area contributed by atoms with E-state index in [9.17, 15) is 9.90 Å². The Morgan fingerprint density at radius 1 is 1.33 bits per heavy atom. The largest absolute Gasteiger partial charge is 0.504 e. The predicted octanol–water partition coefficient (Wildman–Crippen LogP) is 3.17. The lowest BCUT2D eigenvalue weighted by atomic mass is 10.2. The maximum atomic E-state index is 12.2. The average molecular weight is 429 g/mol. The summed E-state index contributed by atoms with van der Waals surface area (Å²) in [6.07, 6.45) is 3.20. The third-order valence-corrected chi connectivity index (χ3v) is 4.18. The molecule has 0 saturated carbocycles. The van der Waals surface area contributed by atoms with E-state index in [0.29, 0.717) is 17.9 Å². The molecule has 27 heavy (non-hydrogen) atoms. The molecule has 0 aliphatic rings. The van der Waals surface area contributed by atoms with Gasteiger partial charge in [0.2, 0.25) is 0 Å². The van der Waals surface area contributed by atoms with Crippen LogP contribution in [0.15, 0.2) is 64.3 Å². The Bertz CT molecular complexity index is 985. The Balaban J connectivity index is 1.61. The summed E-state index contributed by atoms with van der Waals surface area (Å²) in [5.74, 6) is -0.0452. The summed E-state index contributed by atoms with van der Waals surface area (Å²) in [6, 6.07) is 14.3. The van der Waals surface area contributed by atoms with Crippen LogP contribution in [0.4, 0.5) is 0 Å². The number of aromatic hydroxyl groups is 1. The van der Waals surface area contributed by atoms with Crippen LogP contribution in [0.5, 0.6) is 11.5 Å².